The second kappa shape index (κ2) is 5.61. The van der Waals surface area contributed by atoms with Crippen molar-refractivity contribution in [1.29, 1.82) is 0 Å². The molecule has 4 nitrogen and oxygen atoms in total. The number of halogens is 1. The number of carbonyl (C=O) groups excluding carboxylic acids is 1. The molecule has 2 aromatic rings. The van der Waals surface area contributed by atoms with Crippen LogP contribution in [0.3, 0.4) is 0 Å². The van der Waals surface area contributed by atoms with Gasteiger partial charge in [0.2, 0.25) is 0 Å². The summed E-state index contributed by atoms with van der Waals surface area (Å²) in [5.41, 5.74) is 6.00. The van der Waals surface area contributed by atoms with Crippen LogP contribution in [0.4, 0.5) is 10.1 Å². The van der Waals surface area contributed by atoms with Crippen LogP contribution in [0.2, 0.25) is 0 Å². The number of ketones is 1. The molecule has 0 unspecified atom stereocenters. The quantitative estimate of drug-likeness (QED) is 0.688. The summed E-state index contributed by atoms with van der Waals surface area (Å²) in [7, 11) is 2.99. The monoisotopic (exact) mass is 275 g/mol. The van der Waals surface area contributed by atoms with E-state index < -0.39 is 5.82 Å². The Morgan fingerprint density at radius 3 is 2.20 bits per heavy atom. The number of nitrogens with two attached hydrogens (primary N) is 1. The topological polar surface area (TPSA) is 61.5 Å². The van der Waals surface area contributed by atoms with E-state index in [1.54, 1.807) is 18.2 Å². The molecule has 5 heteroatoms. The zero-order valence-electron chi connectivity index (χ0n) is 11.1. The summed E-state index contributed by atoms with van der Waals surface area (Å²) in [6.07, 6.45) is 0. The third kappa shape index (κ3) is 2.56. The lowest BCUT2D eigenvalue weighted by Crippen LogP contribution is -2.04. The molecule has 0 fully saturated rings. The fourth-order valence-electron chi connectivity index (χ4n) is 1.81. The first kappa shape index (κ1) is 13.9. The maximum Gasteiger partial charge on any atom is 0.193 e. The van der Waals surface area contributed by atoms with Crippen molar-refractivity contribution in [2.24, 2.45) is 0 Å². The Kier molecular flexibility index (Phi) is 3.89. The number of carbonyl (C=O) groups is 1. The van der Waals surface area contributed by atoms with Crippen LogP contribution in [0.5, 0.6) is 11.5 Å². The smallest absolute Gasteiger partial charge is 0.193 e. The zero-order chi connectivity index (χ0) is 14.7. The highest BCUT2D eigenvalue weighted by Gasteiger charge is 2.14. The maximum atomic E-state index is 13.4. The number of rotatable bonds is 4. The highest BCUT2D eigenvalue weighted by atomic mass is 19.1. The molecule has 2 N–H and O–H groups in total. The predicted octanol–water partition coefficient (Wildman–Crippen LogP) is 2.66. The van der Waals surface area contributed by atoms with Crippen LogP contribution in [0, 0.1) is 5.82 Å². The van der Waals surface area contributed by atoms with E-state index in [0.29, 0.717) is 17.1 Å². The Morgan fingerprint density at radius 1 is 1.00 bits per heavy atom. The minimum atomic E-state index is -0.615. The van der Waals surface area contributed by atoms with Gasteiger partial charge in [0.15, 0.2) is 17.3 Å². The van der Waals surface area contributed by atoms with Crippen LogP contribution in [-0.2, 0) is 0 Å². The van der Waals surface area contributed by atoms with Gasteiger partial charge in [0.25, 0.3) is 0 Å². The number of methoxy groups -OCH3 is 2. The van der Waals surface area contributed by atoms with Crippen molar-refractivity contribution in [3.8, 4) is 11.5 Å². The molecule has 0 radical (unpaired) electrons. The summed E-state index contributed by atoms with van der Waals surface area (Å²) in [6.45, 7) is 0. The van der Waals surface area contributed by atoms with Crippen molar-refractivity contribution in [3.05, 3.63) is 53.3 Å². The van der Waals surface area contributed by atoms with Gasteiger partial charge in [-0.1, -0.05) is 0 Å². The molecule has 0 saturated carbocycles. The van der Waals surface area contributed by atoms with Gasteiger partial charge in [0.05, 0.1) is 19.9 Å². The summed E-state index contributed by atoms with van der Waals surface area (Å²) in [6, 6.07) is 8.74. The van der Waals surface area contributed by atoms with Gasteiger partial charge in [0.1, 0.15) is 5.82 Å². The number of hydrogen-bond acceptors (Lipinski definition) is 4. The van der Waals surface area contributed by atoms with E-state index in [2.05, 4.69) is 0 Å². The van der Waals surface area contributed by atoms with Gasteiger partial charge in [-0.25, -0.2) is 4.39 Å². The Balaban J connectivity index is 2.40. The first-order valence-corrected chi connectivity index (χ1v) is 5.88. The van der Waals surface area contributed by atoms with Crippen LogP contribution in [-0.4, -0.2) is 20.0 Å². The third-order valence-corrected chi connectivity index (χ3v) is 2.91. The van der Waals surface area contributed by atoms with Gasteiger partial charge in [-0.2, -0.15) is 0 Å². The first-order chi connectivity index (χ1) is 9.56. The van der Waals surface area contributed by atoms with Crippen LogP contribution < -0.4 is 15.2 Å². The molecule has 0 heterocycles. The molecule has 104 valence electrons. The molecule has 0 amide bonds. The van der Waals surface area contributed by atoms with Crippen molar-refractivity contribution in [1.82, 2.24) is 0 Å². The average molecular weight is 275 g/mol. The Bertz CT molecular complexity index is 656. The normalized spacial score (nSPS) is 10.2. The average Bonchev–Trinajstić information content (AvgIpc) is 2.48. The molecule has 0 bridgehead atoms. The standard InChI is InChI=1S/C15H14FNO3/c1-19-13-6-4-10(8-14(13)20-2)15(18)9-3-5-12(17)11(16)7-9/h3-8H,17H2,1-2H3. The molecule has 0 spiro atoms. The summed E-state index contributed by atoms with van der Waals surface area (Å²) in [4.78, 5) is 12.3. The molecule has 2 aromatic carbocycles. The van der Waals surface area contributed by atoms with Crippen molar-refractivity contribution < 1.29 is 18.7 Å². The van der Waals surface area contributed by atoms with Gasteiger partial charge in [-0.05, 0) is 36.4 Å². The second-order valence-corrected chi connectivity index (χ2v) is 4.14. The van der Waals surface area contributed by atoms with Crippen molar-refractivity contribution >= 4 is 11.5 Å². The van der Waals surface area contributed by atoms with E-state index in [-0.39, 0.29) is 17.0 Å². The highest BCUT2D eigenvalue weighted by Crippen LogP contribution is 2.28. The van der Waals surface area contributed by atoms with Crippen LogP contribution in [0.25, 0.3) is 0 Å². The minimum Gasteiger partial charge on any atom is -0.493 e. The molecule has 0 aliphatic rings. The van der Waals surface area contributed by atoms with E-state index in [0.717, 1.165) is 6.07 Å². The maximum absolute atomic E-state index is 13.4. The molecular formula is C15H14FNO3. The highest BCUT2D eigenvalue weighted by molar-refractivity contribution is 6.09. The van der Waals surface area contributed by atoms with Gasteiger partial charge in [-0.15, -0.1) is 0 Å². The Hall–Kier alpha value is -2.56. The summed E-state index contributed by atoms with van der Waals surface area (Å²) in [5.74, 6) is 0.0305. The molecule has 0 aliphatic heterocycles. The first-order valence-electron chi connectivity index (χ1n) is 5.88. The van der Waals surface area contributed by atoms with Crippen LogP contribution >= 0.6 is 0 Å². The second-order valence-electron chi connectivity index (χ2n) is 4.14. The van der Waals surface area contributed by atoms with Gasteiger partial charge < -0.3 is 15.2 Å². The zero-order valence-corrected chi connectivity index (χ0v) is 11.1. The van der Waals surface area contributed by atoms with E-state index in [1.807, 2.05) is 0 Å². The molecule has 0 aliphatic carbocycles. The van der Waals surface area contributed by atoms with Crippen LogP contribution in [0.1, 0.15) is 15.9 Å². The number of hydrogen-bond donors (Lipinski definition) is 1. The fourth-order valence-corrected chi connectivity index (χ4v) is 1.81. The number of benzene rings is 2. The molecule has 2 rings (SSSR count). The lowest BCUT2D eigenvalue weighted by molar-refractivity contribution is 0.103. The third-order valence-electron chi connectivity index (χ3n) is 2.91. The fraction of sp³-hybridized carbons (Fsp3) is 0.133. The van der Waals surface area contributed by atoms with Gasteiger partial charge in [0, 0.05) is 11.1 Å². The Morgan fingerprint density at radius 2 is 1.60 bits per heavy atom. The van der Waals surface area contributed by atoms with Crippen LogP contribution in [0.15, 0.2) is 36.4 Å². The summed E-state index contributed by atoms with van der Waals surface area (Å²) in [5, 5.41) is 0. The summed E-state index contributed by atoms with van der Waals surface area (Å²) >= 11 is 0. The minimum absolute atomic E-state index is 0.00821. The number of anilines is 1. The largest absolute Gasteiger partial charge is 0.493 e. The lowest BCUT2D eigenvalue weighted by Gasteiger charge is -2.09. The Labute approximate surface area is 115 Å². The molecular weight excluding hydrogens is 261 g/mol. The van der Waals surface area contributed by atoms with E-state index in [4.69, 9.17) is 15.2 Å². The summed E-state index contributed by atoms with van der Waals surface area (Å²) < 4.78 is 23.6. The predicted molar refractivity (Wildman–Crippen MR) is 73.8 cm³/mol. The molecule has 0 aromatic heterocycles. The SMILES string of the molecule is COc1ccc(C(=O)c2ccc(N)c(F)c2)cc1OC. The van der Waals surface area contributed by atoms with E-state index >= 15 is 0 Å². The van der Waals surface area contributed by atoms with Crippen molar-refractivity contribution in [2.75, 3.05) is 20.0 Å². The van der Waals surface area contributed by atoms with Crippen molar-refractivity contribution in [2.45, 2.75) is 0 Å². The van der Waals surface area contributed by atoms with Crippen molar-refractivity contribution in [3.63, 3.8) is 0 Å². The van der Waals surface area contributed by atoms with Gasteiger partial charge >= 0.3 is 0 Å². The molecule has 0 atom stereocenters. The number of ether oxygens (including phenoxy) is 2. The molecule has 0 saturated heterocycles. The number of nitrogen functional groups attached to an aromatic ring is 1. The van der Waals surface area contributed by atoms with E-state index in [1.165, 1.54) is 26.4 Å². The van der Waals surface area contributed by atoms with Gasteiger partial charge in [-0.3, -0.25) is 4.79 Å². The van der Waals surface area contributed by atoms with E-state index in [9.17, 15) is 9.18 Å². The molecule has 20 heavy (non-hydrogen) atoms. The lowest BCUT2D eigenvalue weighted by atomic mass is 10.0.